The minimum atomic E-state index is -1.45. The van der Waals surface area contributed by atoms with Gasteiger partial charge in [-0.1, -0.05) is 0 Å². The van der Waals surface area contributed by atoms with E-state index in [4.69, 9.17) is 9.47 Å². The van der Waals surface area contributed by atoms with E-state index in [0.29, 0.717) is 17.8 Å². The third kappa shape index (κ3) is 4.23. The number of hydrogen-bond donors (Lipinski definition) is 1. The highest BCUT2D eigenvalue weighted by Gasteiger charge is 2.39. The van der Waals surface area contributed by atoms with Gasteiger partial charge in [-0.25, -0.2) is 14.1 Å². The number of alkyl halides is 1. The second-order valence-corrected chi connectivity index (χ2v) is 5.99. The number of halogens is 1. The molecule has 138 valence electrons. The number of amides is 1. The third-order valence-electron chi connectivity index (χ3n) is 3.77. The molecule has 0 atom stereocenters. The Kier molecular flexibility index (Phi) is 5.27. The molecule has 26 heavy (non-hydrogen) atoms. The lowest BCUT2D eigenvalue weighted by Crippen LogP contribution is -2.50. The summed E-state index contributed by atoms with van der Waals surface area (Å²) in [7, 11) is 0. The molecular weight excluding hydrogens is 343 g/mol. The largest absolute Gasteiger partial charge is 0.474 e. The van der Waals surface area contributed by atoms with Crippen molar-refractivity contribution in [1.82, 2.24) is 20.1 Å². The van der Waals surface area contributed by atoms with E-state index in [1.54, 1.807) is 25.1 Å². The molecule has 1 aliphatic heterocycles. The van der Waals surface area contributed by atoms with Gasteiger partial charge in [0.05, 0.1) is 18.9 Å². The first kappa shape index (κ1) is 18.0. The average Bonchev–Trinajstić information content (AvgIpc) is 2.61. The molecule has 0 spiro atoms. The minimum Gasteiger partial charge on any atom is -0.474 e. The molecule has 2 aromatic rings. The molecule has 1 fully saturated rings. The van der Waals surface area contributed by atoms with Crippen LogP contribution in [-0.4, -0.2) is 52.7 Å². The van der Waals surface area contributed by atoms with Crippen LogP contribution in [-0.2, 0) is 16.1 Å². The van der Waals surface area contributed by atoms with E-state index in [1.165, 1.54) is 12.3 Å². The summed E-state index contributed by atoms with van der Waals surface area (Å²) in [4.78, 5) is 27.6. The number of carbonyl (C=O) groups is 1. The van der Waals surface area contributed by atoms with E-state index in [2.05, 4.69) is 15.4 Å². The first-order chi connectivity index (χ1) is 12.5. The van der Waals surface area contributed by atoms with Crippen molar-refractivity contribution in [2.45, 2.75) is 19.1 Å². The van der Waals surface area contributed by atoms with Crippen molar-refractivity contribution in [3.8, 4) is 17.1 Å². The third-order valence-corrected chi connectivity index (χ3v) is 3.77. The van der Waals surface area contributed by atoms with E-state index in [-0.39, 0.29) is 43.7 Å². The van der Waals surface area contributed by atoms with Gasteiger partial charge in [-0.15, -0.1) is 0 Å². The van der Waals surface area contributed by atoms with Crippen molar-refractivity contribution in [2.24, 2.45) is 0 Å². The molecule has 1 aliphatic rings. The van der Waals surface area contributed by atoms with Gasteiger partial charge in [-0.3, -0.25) is 9.59 Å². The Balaban J connectivity index is 1.70. The lowest BCUT2D eigenvalue weighted by atomic mass is 10.1. The molecule has 0 unspecified atom stereocenters. The highest BCUT2D eigenvalue weighted by molar-refractivity contribution is 5.75. The Hall–Kier alpha value is -2.81. The Morgan fingerprint density at radius 2 is 2.19 bits per heavy atom. The van der Waals surface area contributed by atoms with Gasteiger partial charge in [0.15, 0.2) is 5.67 Å². The van der Waals surface area contributed by atoms with Crippen molar-refractivity contribution in [1.29, 1.82) is 0 Å². The predicted octanol–water partition coefficient (Wildman–Crippen LogP) is 0.559. The molecule has 8 nitrogen and oxygen atoms in total. The van der Waals surface area contributed by atoms with E-state index in [0.717, 1.165) is 4.68 Å². The number of aromatic nitrogens is 3. The molecule has 3 rings (SSSR count). The monoisotopic (exact) mass is 362 g/mol. The zero-order chi connectivity index (χ0) is 18.6. The maximum absolute atomic E-state index is 13.8. The van der Waals surface area contributed by atoms with Crippen LogP contribution >= 0.6 is 0 Å². The molecule has 1 amide bonds. The predicted molar refractivity (Wildman–Crippen MR) is 90.6 cm³/mol. The fourth-order valence-corrected chi connectivity index (χ4v) is 2.33. The maximum Gasteiger partial charge on any atom is 0.267 e. The SMILES string of the molecule is CCNC(=O)Cn1nc(-c2ccc(OCC3(F)COC3)nc2)ccc1=O. The highest BCUT2D eigenvalue weighted by atomic mass is 19.1. The van der Waals surface area contributed by atoms with E-state index >= 15 is 0 Å². The first-order valence-corrected chi connectivity index (χ1v) is 8.20. The van der Waals surface area contributed by atoms with Gasteiger partial charge in [0.25, 0.3) is 5.56 Å². The van der Waals surface area contributed by atoms with Crippen molar-refractivity contribution >= 4 is 5.91 Å². The molecule has 0 bridgehead atoms. The normalized spacial score (nSPS) is 15.2. The van der Waals surface area contributed by atoms with Crippen LogP contribution in [0.4, 0.5) is 4.39 Å². The van der Waals surface area contributed by atoms with Gasteiger partial charge in [0.2, 0.25) is 11.8 Å². The fraction of sp³-hybridized carbons (Fsp3) is 0.412. The molecule has 9 heteroatoms. The molecule has 0 aliphatic carbocycles. The Labute approximate surface area is 149 Å². The summed E-state index contributed by atoms with van der Waals surface area (Å²) < 4.78 is 25.1. The Morgan fingerprint density at radius 3 is 2.81 bits per heavy atom. The number of carbonyl (C=O) groups excluding carboxylic acids is 1. The van der Waals surface area contributed by atoms with Crippen molar-refractivity contribution in [3.63, 3.8) is 0 Å². The summed E-state index contributed by atoms with van der Waals surface area (Å²) in [6, 6.07) is 6.19. The number of nitrogens with one attached hydrogen (secondary N) is 1. The zero-order valence-electron chi connectivity index (χ0n) is 14.3. The van der Waals surface area contributed by atoms with Crippen LogP contribution in [0.2, 0.25) is 0 Å². The summed E-state index contributed by atoms with van der Waals surface area (Å²) >= 11 is 0. The number of ether oxygens (including phenoxy) is 2. The summed E-state index contributed by atoms with van der Waals surface area (Å²) in [5.74, 6) is -0.00503. The lowest BCUT2D eigenvalue weighted by Gasteiger charge is -2.32. The quantitative estimate of drug-likeness (QED) is 0.773. The van der Waals surface area contributed by atoms with Gasteiger partial charge in [-0.05, 0) is 19.1 Å². The molecular formula is C17H19FN4O4. The molecule has 1 saturated heterocycles. The lowest BCUT2D eigenvalue weighted by molar-refractivity contribution is -0.146. The summed E-state index contributed by atoms with van der Waals surface area (Å²) in [6.07, 6.45) is 1.51. The minimum absolute atomic E-state index is 0.0299. The second-order valence-electron chi connectivity index (χ2n) is 5.99. The van der Waals surface area contributed by atoms with Crippen molar-refractivity contribution in [2.75, 3.05) is 26.4 Å². The maximum atomic E-state index is 13.8. The number of nitrogens with zero attached hydrogens (tertiary/aromatic N) is 3. The topological polar surface area (TPSA) is 95.3 Å². The van der Waals surface area contributed by atoms with Crippen molar-refractivity contribution in [3.05, 3.63) is 40.8 Å². The average molecular weight is 362 g/mol. The van der Waals surface area contributed by atoms with Crippen LogP contribution in [0.3, 0.4) is 0 Å². The van der Waals surface area contributed by atoms with E-state index in [9.17, 15) is 14.0 Å². The van der Waals surface area contributed by atoms with Crippen LogP contribution in [0.25, 0.3) is 11.3 Å². The van der Waals surface area contributed by atoms with E-state index < -0.39 is 5.67 Å². The number of pyridine rings is 1. The van der Waals surface area contributed by atoms with Gasteiger partial charge >= 0.3 is 0 Å². The van der Waals surface area contributed by atoms with Crippen LogP contribution in [0.5, 0.6) is 5.88 Å². The van der Waals surface area contributed by atoms with Crippen LogP contribution in [0.1, 0.15) is 6.92 Å². The summed E-state index contributed by atoms with van der Waals surface area (Å²) in [5, 5.41) is 6.80. The van der Waals surface area contributed by atoms with Crippen LogP contribution in [0, 0.1) is 0 Å². The van der Waals surface area contributed by atoms with E-state index in [1.807, 2.05) is 0 Å². The molecule has 2 aromatic heterocycles. The van der Waals surface area contributed by atoms with Gasteiger partial charge in [-0.2, -0.15) is 5.10 Å². The zero-order valence-corrected chi connectivity index (χ0v) is 14.3. The molecule has 0 saturated carbocycles. The van der Waals surface area contributed by atoms with Gasteiger partial charge in [0.1, 0.15) is 13.2 Å². The summed E-state index contributed by atoms with van der Waals surface area (Å²) in [6.45, 7) is 2.06. The molecule has 1 N–H and O–H groups in total. The van der Waals surface area contributed by atoms with Crippen LogP contribution < -0.4 is 15.6 Å². The molecule has 3 heterocycles. The van der Waals surface area contributed by atoms with Gasteiger partial charge in [0, 0.05) is 30.4 Å². The molecule has 0 aromatic carbocycles. The Morgan fingerprint density at radius 1 is 1.38 bits per heavy atom. The Bertz CT molecular complexity index is 833. The highest BCUT2D eigenvalue weighted by Crippen LogP contribution is 2.23. The summed E-state index contributed by atoms with van der Waals surface area (Å²) in [5.41, 5.74) is -0.689. The smallest absolute Gasteiger partial charge is 0.267 e. The molecule has 0 radical (unpaired) electrons. The fourth-order valence-electron chi connectivity index (χ4n) is 2.33. The number of likely N-dealkylation sites (N-methyl/N-ethyl adjacent to an activating group) is 1. The van der Waals surface area contributed by atoms with Crippen LogP contribution in [0.15, 0.2) is 35.3 Å². The number of hydrogen-bond acceptors (Lipinski definition) is 6. The van der Waals surface area contributed by atoms with Gasteiger partial charge < -0.3 is 14.8 Å². The number of rotatable bonds is 7. The second kappa shape index (κ2) is 7.61. The van der Waals surface area contributed by atoms with Crippen molar-refractivity contribution < 1.29 is 18.7 Å². The standard InChI is InChI=1S/C17H19FN4O4/c1-2-19-14(23)8-22-16(24)6-4-13(21-22)12-3-5-15(20-7-12)26-11-17(18)9-25-10-17/h3-7H,2,8-11H2,1H3,(H,19,23). The first-order valence-electron chi connectivity index (χ1n) is 8.20.